The molecule has 0 bridgehead atoms. The van der Waals surface area contributed by atoms with Crippen LogP contribution in [0.1, 0.15) is 5.56 Å². The molecule has 0 amide bonds. The summed E-state index contributed by atoms with van der Waals surface area (Å²) >= 11 is 0. The number of nitrogens with two attached hydrogens (primary N) is 1. The molecule has 17 heavy (non-hydrogen) atoms. The van der Waals surface area contributed by atoms with Crippen LogP contribution >= 0.6 is 0 Å². The van der Waals surface area contributed by atoms with Crippen LogP contribution < -0.4 is 15.2 Å². The van der Waals surface area contributed by atoms with E-state index in [2.05, 4.69) is 5.16 Å². The Kier molecular flexibility index (Phi) is 2.91. The van der Waals surface area contributed by atoms with Crippen LogP contribution in [0.4, 0.5) is 5.88 Å². The Labute approximate surface area is 99.1 Å². The summed E-state index contributed by atoms with van der Waals surface area (Å²) in [7, 11) is 3.23. The summed E-state index contributed by atoms with van der Waals surface area (Å²) in [4.78, 5) is 0. The predicted octanol–water partition coefficient (Wildman–Crippen LogP) is 2.25. The molecule has 0 aliphatic rings. The van der Waals surface area contributed by atoms with Gasteiger partial charge in [0.25, 0.3) is 0 Å². The van der Waals surface area contributed by atoms with Crippen LogP contribution in [0.15, 0.2) is 22.7 Å². The second-order valence-corrected chi connectivity index (χ2v) is 3.64. The van der Waals surface area contributed by atoms with E-state index in [1.54, 1.807) is 20.3 Å². The quantitative estimate of drug-likeness (QED) is 0.881. The molecule has 0 fully saturated rings. The molecule has 5 nitrogen and oxygen atoms in total. The van der Waals surface area contributed by atoms with Gasteiger partial charge in [0.05, 0.1) is 14.2 Å². The molecule has 2 aromatic rings. The average molecular weight is 234 g/mol. The molecule has 1 aromatic carbocycles. The van der Waals surface area contributed by atoms with E-state index in [-0.39, 0.29) is 5.88 Å². The normalized spacial score (nSPS) is 10.3. The second kappa shape index (κ2) is 4.37. The van der Waals surface area contributed by atoms with Crippen molar-refractivity contribution in [3.05, 3.63) is 23.8 Å². The van der Waals surface area contributed by atoms with Gasteiger partial charge in [0.2, 0.25) is 5.88 Å². The lowest BCUT2D eigenvalue weighted by molar-refractivity contribution is 0.400. The third-order valence-electron chi connectivity index (χ3n) is 2.52. The first-order valence-corrected chi connectivity index (χ1v) is 5.11. The maximum Gasteiger partial charge on any atom is 0.222 e. The highest BCUT2D eigenvalue weighted by atomic mass is 16.5. The minimum Gasteiger partial charge on any atom is -0.496 e. The zero-order valence-electron chi connectivity index (χ0n) is 9.98. The van der Waals surface area contributed by atoms with Crippen LogP contribution in [-0.4, -0.2) is 19.4 Å². The fraction of sp³-hybridized carbons (Fsp3) is 0.250. The number of hydrogen-bond donors (Lipinski definition) is 1. The van der Waals surface area contributed by atoms with Gasteiger partial charge in [-0.3, -0.25) is 0 Å². The monoisotopic (exact) mass is 234 g/mol. The summed E-state index contributed by atoms with van der Waals surface area (Å²) in [5, 5.41) is 3.86. The summed E-state index contributed by atoms with van der Waals surface area (Å²) in [6.07, 6.45) is 0. The van der Waals surface area contributed by atoms with Crippen LogP contribution in [0.3, 0.4) is 0 Å². The molecule has 1 heterocycles. The first-order valence-electron chi connectivity index (χ1n) is 5.11. The molecule has 2 rings (SSSR count). The van der Waals surface area contributed by atoms with Crippen molar-refractivity contribution >= 4 is 5.88 Å². The van der Waals surface area contributed by atoms with Crippen molar-refractivity contribution in [3.63, 3.8) is 0 Å². The standard InChI is InChI=1S/C12H14N2O3/c1-7-4-11(16-3)8(5-10(7)15-2)9-6-12(13)17-14-9/h4-6H,13H2,1-3H3. The molecular weight excluding hydrogens is 220 g/mol. The third-order valence-corrected chi connectivity index (χ3v) is 2.52. The van der Waals surface area contributed by atoms with E-state index < -0.39 is 0 Å². The van der Waals surface area contributed by atoms with Gasteiger partial charge in [-0.05, 0) is 24.6 Å². The fourth-order valence-electron chi connectivity index (χ4n) is 1.67. The predicted molar refractivity (Wildman–Crippen MR) is 64.2 cm³/mol. The first kappa shape index (κ1) is 11.3. The number of ether oxygens (including phenoxy) is 2. The van der Waals surface area contributed by atoms with Gasteiger partial charge in [-0.25, -0.2) is 0 Å². The van der Waals surface area contributed by atoms with Crippen molar-refractivity contribution in [1.82, 2.24) is 5.16 Å². The highest BCUT2D eigenvalue weighted by molar-refractivity contribution is 5.71. The Morgan fingerprint density at radius 3 is 2.35 bits per heavy atom. The molecule has 0 unspecified atom stereocenters. The largest absolute Gasteiger partial charge is 0.496 e. The van der Waals surface area contributed by atoms with E-state index in [1.807, 2.05) is 19.1 Å². The van der Waals surface area contributed by atoms with E-state index >= 15 is 0 Å². The van der Waals surface area contributed by atoms with Gasteiger partial charge in [-0.2, -0.15) is 0 Å². The number of benzene rings is 1. The maximum absolute atomic E-state index is 5.51. The SMILES string of the molecule is COc1cc(-c2cc(N)on2)c(OC)cc1C. The number of nitrogens with zero attached hydrogens (tertiary/aromatic N) is 1. The first-order chi connectivity index (χ1) is 8.15. The van der Waals surface area contributed by atoms with Crippen LogP contribution in [0.2, 0.25) is 0 Å². The highest BCUT2D eigenvalue weighted by Crippen LogP contribution is 2.35. The van der Waals surface area contributed by atoms with E-state index in [1.165, 1.54) is 0 Å². The van der Waals surface area contributed by atoms with Gasteiger partial charge in [0.1, 0.15) is 17.2 Å². The molecule has 0 saturated heterocycles. The van der Waals surface area contributed by atoms with Crippen molar-refractivity contribution in [2.45, 2.75) is 6.92 Å². The fourth-order valence-corrected chi connectivity index (χ4v) is 1.67. The lowest BCUT2D eigenvalue weighted by Gasteiger charge is -2.11. The lowest BCUT2D eigenvalue weighted by atomic mass is 10.1. The van der Waals surface area contributed by atoms with Crippen LogP contribution in [0.5, 0.6) is 11.5 Å². The summed E-state index contributed by atoms with van der Waals surface area (Å²) in [6, 6.07) is 5.39. The van der Waals surface area contributed by atoms with Gasteiger partial charge < -0.3 is 19.7 Å². The van der Waals surface area contributed by atoms with Crippen molar-refractivity contribution in [2.24, 2.45) is 0 Å². The van der Waals surface area contributed by atoms with Gasteiger partial charge in [0, 0.05) is 11.6 Å². The summed E-state index contributed by atoms with van der Waals surface area (Å²) in [5.74, 6) is 1.74. The number of methoxy groups -OCH3 is 2. The van der Waals surface area contributed by atoms with Gasteiger partial charge >= 0.3 is 0 Å². The average Bonchev–Trinajstić information content (AvgIpc) is 2.75. The van der Waals surface area contributed by atoms with Crippen LogP contribution in [-0.2, 0) is 0 Å². The molecule has 0 radical (unpaired) electrons. The minimum absolute atomic E-state index is 0.265. The Morgan fingerprint density at radius 1 is 1.12 bits per heavy atom. The number of aromatic nitrogens is 1. The van der Waals surface area contributed by atoms with Crippen molar-refractivity contribution in [3.8, 4) is 22.8 Å². The lowest BCUT2D eigenvalue weighted by Crippen LogP contribution is -1.93. The molecule has 2 N–H and O–H groups in total. The van der Waals surface area contributed by atoms with Crippen molar-refractivity contribution in [1.29, 1.82) is 0 Å². The molecule has 0 saturated carbocycles. The van der Waals surface area contributed by atoms with E-state index in [9.17, 15) is 0 Å². The van der Waals surface area contributed by atoms with E-state index in [0.717, 1.165) is 16.9 Å². The van der Waals surface area contributed by atoms with E-state index in [0.29, 0.717) is 11.4 Å². The summed E-state index contributed by atoms with van der Waals surface area (Å²) in [6.45, 7) is 1.95. The molecule has 0 spiro atoms. The number of anilines is 1. The Bertz CT molecular complexity index is 535. The number of rotatable bonds is 3. The van der Waals surface area contributed by atoms with Crippen LogP contribution in [0.25, 0.3) is 11.3 Å². The Morgan fingerprint density at radius 2 is 1.82 bits per heavy atom. The second-order valence-electron chi connectivity index (χ2n) is 3.64. The molecule has 0 aliphatic carbocycles. The molecule has 0 aliphatic heterocycles. The Hall–Kier alpha value is -2.17. The third kappa shape index (κ3) is 2.04. The van der Waals surface area contributed by atoms with Gasteiger partial charge in [-0.15, -0.1) is 0 Å². The highest BCUT2D eigenvalue weighted by Gasteiger charge is 2.13. The zero-order chi connectivity index (χ0) is 12.4. The molecule has 0 atom stereocenters. The topological polar surface area (TPSA) is 70.5 Å². The van der Waals surface area contributed by atoms with Gasteiger partial charge in [-0.1, -0.05) is 5.16 Å². The molecule has 5 heteroatoms. The van der Waals surface area contributed by atoms with Gasteiger partial charge in [0.15, 0.2) is 0 Å². The molecular formula is C12H14N2O3. The summed E-state index contributed by atoms with van der Waals surface area (Å²) in [5.41, 5.74) is 7.91. The molecule has 90 valence electrons. The van der Waals surface area contributed by atoms with Crippen LogP contribution in [0, 0.1) is 6.92 Å². The zero-order valence-corrected chi connectivity index (χ0v) is 9.98. The smallest absolute Gasteiger partial charge is 0.222 e. The number of hydrogen-bond acceptors (Lipinski definition) is 5. The van der Waals surface area contributed by atoms with Crippen molar-refractivity contribution in [2.75, 3.05) is 20.0 Å². The Balaban J connectivity index is 2.58. The van der Waals surface area contributed by atoms with E-state index in [4.69, 9.17) is 19.7 Å². The number of nitrogen functional groups attached to an aromatic ring is 1. The van der Waals surface area contributed by atoms with Crippen molar-refractivity contribution < 1.29 is 14.0 Å². The molecule has 1 aromatic heterocycles. The summed E-state index contributed by atoms with van der Waals surface area (Å²) < 4.78 is 15.4. The number of aryl methyl sites for hydroxylation is 1. The minimum atomic E-state index is 0.265. The maximum atomic E-state index is 5.51.